The number of methoxy groups -OCH3 is 2. The Balaban J connectivity index is 0.000000255. The quantitative estimate of drug-likeness (QED) is 0.0475. The van der Waals surface area contributed by atoms with Crippen molar-refractivity contribution in [2.45, 2.75) is 165 Å². The number of nitrogens with zero attached hydrogens (tertiary/aromatic N) is 6. The summed E-state index contributed by atoms with van der Waals surface area (Å²) in [5.41, 5.74) is -2.63. The largest absolute Gasteiger partial charge is 0.501 e. The first-order chi connectivity index (χ1) is 42.8. The van der Waals surface area contributed by atoms with Crippen molar-refractivity contribution in [2.75, 3.05) is 27.3 Å². The molecule has 0 saturated carbocycles. The summed E-state index contributed by atoms with van der Waals surface area (Å²) in [6.45, 7) is 14.6. The van der Waals surface area contributed by atoms with Gasteiger partial charge in [0.05, 0.1) is 42.3 Å². The average Bonchev–Trinajstić information content (AvgIpc) is 1.76. The van der Waals surface area contributed by atoms with Crippen LogP contribution in [0.25, 0.3) is 0 Å². The Morgan fingerprint density at radius 2 is 0.978 bits per heavy atom. The molecule has 4 atom stereocenters. The maximum absolute atomic E-state index is 14.2. The minimum Gasteiger partial charge on any atom is -0.501 e. The van der Waals surface area contributed by atoms with E-state index in [0.29, 0.717) is 31.2 Å². The monoisotopic (exact) mass is 1320 g/mol. The number of rotatable bonds is 18. The maximum atomic E-state index is 14.2. The van der Waals surface area contributed by atoms with Crippen molar-refractivity contribution in [3.63, 3.8) is 0 Å². The van der Waals surface area contributed by atoms with Crippen LogP contribution in [-0.4, -0.2) is 125 Å². The van der Waals surface area contributed by atoms with Gasteiger partial charge in [-0.15, -0.1) is 0 Å². The van der Waals surface area contributed by atoms with Crippen LogP contribution in [0.15, 0.2) is 129 Å². The molecule has 0 radical (unpaired) electrons. The van der Waals surface area contributed by atoms with E-state index < -0.39 is 106 Å². The van der Waals surface area contributed by atoms with Crippen molar-refractivity contribution in [1.82, 2.24) is 28.9 Å². The van der Waals surface area contributed by atoms with Gasteiger partial charge in [-0.3, -0.25) is 38.1 Å². The molecule has 0 bridgehead atoms. The Labute approximate surface area is 532 Å². The van der Waals surface area contributed by atoms with Crippen molar-refractivity contribution >= 4 is 53.6 Å². The minimum absolute atomic E-state index is 0.0220. The molecule has 2 aromatic heterocycles. The summed E-state index contributed by atoms with van der Waals surface area (Å²) in [7, 11) is -0.0347. The zero-order valence-electron chi connectivity index (χ0n) is 52.4. The molecule has 6 aromatic rings. The Kier molecular flexibility index (Phi) is 24.9. The normalized spacial score (nSPS) is 16.5. The van der Waals surface area contributed by atoms with Crippen LogP contribution in [0.3, 0.4) is 0 Å². The van der Waals surface area contributed by atoms with Crippen molar-refractivity contribution in [3.05, 3.63) is 176 Å². The Hall–Kier alpha value is -7.91. The van der Waals surface area contributed by atoms with Gasteiger partial charge in [0.25, 0.3) is 20.2 Å². The number of Topliss-reactive ketones (excluding diaryl/α,β-unsaturated/α-hetero) is 2. The highest BCUT2D eigenvalue weighted by Crippen LogP contribution is 2.35. The number of ketones is 2. The number of carbonyl (C=O) groups is 4. The van der Waals surface area contributed by atoms with Crippen LogP contribution >= 0.6 is 10.7 Å². The molecule has 8 rings (SSSR count). The molecule has 91 heavy (non-hydrogen) atoms. The van der Waals surface area contributed by atoms with E-state index >= 15 is 0 Å². The molecule has 27 heteroatoms. The molecule has 0 fully saturated rings. The molecule has 22 nitrogen and oxygen atoms in total. The fraction of sp³-hybridized carbons (Fsp3) is 0.438. The van der Waals surface area contributed by atoms with Gasteiger partial charge in [-0.05, 0) is 154 Å². The van der Waals surface area contributed by atoms with Crippen LogP contribution < -0.4 is 15.3 Å². The van der Waals surface area contributed by atoms with E-state index in [0.717, 1.165) is 5.56 Å². The van der Waals surface area contributed by atoms with Gasteiger partial charge in [-0.2, -0.15) is 8.42 Å². The molecule has 2 amide bonds. The van der Waals surface area contributed by atoms with Gasteiger partial charge in [0.1, 0.15) is 39.4 Å². The second-order valence-electron chi connectivity index (χ2n) is 23.3. The van der Waals surface area contributed by atoms with Crippen molar-refractivity contribution in [1.29, 1.82) is 0 Å². The molecular weight excluding hydrogens is 1250 g/mol. The summed E-state index contributed by atoms with van der Waals surface area (Å²) < 4.78 is 105. The Morgan fingerprint density at radius 3 is 1.35 bits per heavy atom. The summed E-state index contributed by atoms with van der Waals surface area (Å²) in [5.74, 6) is -3.20. The van der Waals surface area contributed by atoms with E-state index in [2.05, 4.69) is 9.97 Å². The third-order valence-electron chi connectivity index (χ3n) is 14.5. The van der Waals surface area contributed by atoms with Crippen LogP contribution in [-0.2, 0) is 64.0 Å². The second-order valence-corrected chi connectivity index (χ2v) is 27.4. The molecule has 0 saturated heterocycles. The van der Waals surface area contributed by atoms with Crippen LogP contribution in [0.1, 0.15) is 150 Å². The molecular formula is C64H77ClF2N6O16S2. The fourth-order valence-corrected chi connectivity index (χ4v) is 11.7. The predicted molar refractivity (Wildman–Crippen MR) is 333 cm³/mol. The van der Waals surface area contributed by atoms with Gasteiger partial charge in [-0.1, -0.05) is 60.7 Å². The van der Waals surface area contributed by atoms with Gasteiger partial charge >= 0.3 is 22.3 Å². The molecule has 4 heterocycles. The number of hydrogen-bond acceptors (Lipinski definition) is 18. The van der Waals surface area contributed by atoms with E-state index in [1.54, 1.807) is 91.8 Å². The molecule has 4 aromatic carbocycles. The highest BCUT2D eigenvalue weighted by Gasteiger charge is 2.39. The molecule has 2 aliphatic rings. The number of carbonyl (C=O) groups excluding carboxylic acids is 4. The number of aromatic hydroxyl groups is 1. The third-order valence-corrected chi connectivity index (χ3v) is 17.1. The zero-order chi connectivity index (χ0) is 67.2. The van der Waals surface area contributed by atoms with Crippen molar-refractivity contribution in [2.24, 2.45) is 0 Å². The number of halogens is 3. The number of ether oxygens (including phenoxy) is 4. The number of aromatic nitrogens is 4. The lowest BCUT2D eigenvalue weighted by molar-refractivity contribution is 0.0130. The fourth-order valence-electron chi connectivity index (χ4n) is 9.92. The van der Waals surface area contributed by atoms with Gasteiger partial charge in [-0.25, -0.2) is 36.8 Å². The highest BCUT2D eigenvalue weighted by molar-refractivity contribution is 8.13. The summed E-state index contributed by atoms with van der Waals surface area (Å²) in [4.78, 5) is 92.4. The molecule has 1 N–H and O–H groups in total. The van der Waals surface area contributed by atoms with E-state index in [4.69, 9.17) is 33.8 Å². The predicted octanol–water partition coefficient (Wildman–Crippen LogP) is 10.7. The lowest BCUT2D eigenvalue weighted by Gasteiger charge is -2.32. The van der Waals surface area contributed by atoms with Crippen LogP contribution in [0.2, 0.25) is 0 Å². The van der Waals surface area contributed by atoms with E-state index in [1.165, 1.54) is 106 Å². The number of amides is 2. The smallest absolute Gasteiger partial charge is 0.410 e. The zero-order valence-corrected chi connectivity index (χ0v) is 54.8. The Morgan fingerprint density at radius 1 is 0.593 bits per heavy atom. The molecule has 2 aliphatic heterocycles. The number of benzene rings is 4. The molecule has 492 valence electrons. The van der Waals surface area contributed by atoms with Gasteiger partial charge < -0.3 is 28.2 Å². The number of fused-ring (bicyclic) bond motifs is 2. The van der Waals surface area contributed by atoms with Crippen LogP contribution in [0, 0.1) is 11.6 Å². The second kappa shape index (κ2) is 31.4. The first kappa shape index (κ1) is 72.2. The standard InChI is InChI=1S/C32H38FN3O8S.C26H34FN3O6.C6H5ClO2S/c1-6-35(31(39)43-32(2,3)4)25-18-17-23(42-5)20-36-29(25)34-27(26(37)19-14-21-12-15-22(33)16-13-21)28(30(36)38)44-45(40,41)24-10-8-7-9-11-24;1-6-29(25(34)36-26(2,3)4)19-13-12-18(35-5)15-30-23(19)28-21(22(32)24(30)33)20(31)14-9-16-7-10-17(27)11-8-16;7-10(8,9)6-4-2-1-3-5-6/h7-13,15-16,23,25H,6,14,17-20H2,1-5H3;7-8,10-11,18-19,32H,6,9,12-15H2,1-5H3;1-5H/t23-,25?;18-,19?;/m00./s1. The summed E-state index contributed by atoms with van der Waals surface area (Å²) in [5, 5.41) is 10.6. The number of aryl methyl sites for hydroxylation is 2. The summed E-state index contributed by atoms with van der Waals surface area (Å²) >= 11 is 0. The van der Waals surface area contributed by atoms with E-state index in [1.807, 2.05) is 0 Å². The van der Waals surface area contributed by atoms with Crippen molar-refractivity contribution in [3.8, 4) is 11.5 Å². The van der Waals surface area contributed by atoms with E-state index in [9.17, 15) is 59.5 Å². The first-order valence-electron chi connectivity index (χ1n) is 29.4. The van der Waals surface area contributed by atoms with Crippen LogP contribution in [0.4, 0.5) is 18.4 Å². The highest BCUT2D eigenvalue weighted by atomic mass is 35.7. The first-order valence-corrected chi connectivity index (χ1v) is 33.1. The van der Waals surface area contributed by atoms with Crippen LogP contribution in [0.5, 0.6) is 11.5 Å². The van der Waals surface area contributed by atoms with Gasteiger partial charge in [0.15, 0.2) is 23.0 Å². The lowest BCUT2D eigenvalue weighted by Crippen LogP contribution is -2.41. The average molecular weight is 1320 g/mol. The lowest BCUT2D eigenvalue weighted by atomic mass is 10.0. The van der Waals surface area contributed by atoms with Gasteiger partial charge in [0, 0.05) is 50.8 Å². The topological polar surface area (TPSA) is 279 Å². The minimum atomic E-state index is -4.55. The van der Waals surface area contributed by atoms with Crippen molar-refractivity contribution < 1.29 is 73.0 Å². The van der Waals surface area contributed by atoms with Gasteiger partial charge in [0.2, 0.25) is 11.5 Å². The molecule has 2 unspecified atom stereocenters. The third kappa shape index (κ3) is 19.8. The maximum Gasteiger partial charge on any atom is 0.410 e. The van der Waals surface area contributed by atoms with E-state index in [-0.39, 0.29) is 90.9 Å². The molecule has 0 aliphatic carbocycles. The molecule has 0 spiro atoms. The Bertz CT molecular complexity index is 3870. The summed E-state index contributed by atoms with van der Waals surface area (Å²) in [6, 6.07) is 24.9. The SMILES string of the molecule is CCN(C(=O)OC(C)(C)C)C1CC[C@H](OC)Cn2c1nc(C(=O)CCc1ccc(F)cc1)c(O)c2=O.CCN(C(=O)OC(C)(C)C)C1CC[C@H](OC)Cn2c1nc(C(=O)CCc1ccc(F)cc1)c(OS(=O)(=O)c1ccccc1)c2=O.O=S(=O)(Cl)c1ccccc1. The number of hydrogen-bond donors (Lipinski definition) is 1. The summed E-state index contributed by atoms with van der Waals surface area (Å²) in [6.07, 6.45) is -0.0997.